The molecule has 2 N–H and O–H groups in total. The first kappa shape index (κ1) is 10.2. The zero-order valence-corrected chi connectivity index (χ0v) is 9.50. The number of nitrogen functional groups attached to an aromatic ring is 1. The second-order valence-corrected chi connectivity index (χ2v) is 4.33. The van der Waals surface area contributed by atoms with Crippen molar-refractivity contribution in [3.05, 3.63) is 53.6 Å². The van der Waals surface area contributed by atoms with E-state index in [0.717, 1.165) is 31.0 Å². The number of anilines is 1. The molecule has 2 heterocycles. The molecule has 1 aliphatic rings. The van der Waals surface area contributed by atoms with E-state index in [0.29, 0.717) is 0 Å². The fraction of sp³-hybridized carbons (Fsp3) is 0.231. The van der Waals surface area contributed by atoms with Crippen molar-refractivity contribution in [2.45, 2.75) is 19.6 Å². The maximum absolute atomic E-state index is 5.98. The van der Waals surface area contributed by atoms with E-state index in [-0.39, 0.29) is 0 Å². The second kappa shape index (κ2) is 4.14. The average Bonchev–Trinajstić information content (AvgIpc) is 2.74. The molecule has 0 atom stereocenters. The number of fused-ring (bicyclic) bond motifs is 1. The Labute approximate surface area is 100 Å². The van der Waals surface area contributed by atoms with Gasteiger partial charge >= 0.3 is 0 Å². The highest BCUT2D eigenvalue weighted by Gasteiger charge is 2.20. The molecule has 0 amide bonds. The van der Waals surface area contributed by atoms with Gasteiger partial charge in [-0.3, -0.25) is 4.90 Å². The molecule has 4 heteroatoms. The van der Waals surface area contributed by atoms with Crippen LogP contribution in [0.15, 0.2) is 36.8 Å². The molecule has 2 aromatic rings. The SMILES string of the molecule is Nc1cccc2c1CN(Cc1ccncn1)C2. The lowest BCUT2D eigenvalue weighted by molar-refractivity contribution is 0.272. The Bertz CT molecular complexity index is 524. The summed E-state index contributed by atoms with van der Waals surface area (Å²) in [6.07, 6.45) is 3.37. The van der Waals surface area contributed by atoms with Crippen LogP contribution in [-0.4, -0.2) is 14.9 Å². The number of aromatic nitrogens is 2. The quantitative estimate of drug-likeness (QED) is 0.790. The van der Waals surface area contributed by atoms with Crippen molar-refractivity contribution in [1.29, 1.82) is 0 Å². The van der Waals surface area contributed by atoms with E-state index in [1.54, 1.807) is 12.5 Å². The Hall–Kier alpha value is -1.94. The zero-order valence-electron chi connectivity index (χ0n) is 9.50. The minimum Gasteiger partial charge on any atom is -0.398 e. The molecule has 0 bridgehead atoms. The Kier molecular flexibility index (Phi) is 2.49. The van der Waals surface area contributed by atoms with Gasteiger partial charge in [0.1, 0.15) is 6.33 Å². The van der Waals surface area contributed by atoms with Gasteiger partial charge in [0.25, 0.3) is 0 Å². The van der Waals surface area contributed by atoms with Crippen molar-refractivity contribution in [3.8, 4) is 0 Å². The van der Waals surface area contributed by atoms with Gasteiger partial charge in [-0.2, -0.15) is 0 Å². The Morgan fingerprint density at radius 3 is 2.94 bits per heavy atom. The molecule has 1 aromatic carbocycles. The average molecular weight is 226 g/mol. The number of benzene rings is 1. The summed E-state index contributed by atoms with van der Waals surface area (Å²) >= 11 is 0. The van der Waals surface area contributed by atoms with Crippen LogP contribution in [0, 0.1) is 0 Å². The minimum atomic E-state index is 0.844. The molecule has 17 heavy (non-hydrogen) atoms. The maximum atomic E-state index is 5.98. The molecular weight excluding hydrogens is 212 g/mol. The van der Waals surface area contributed by atoms with Gasteiger partial charge < -0.3 is 5.73 Å². The van der Waals surface area contributed by atoms with Crippen LogP contribution < -0.4 is 5.73 Å². The van der Waals surface area contributed by atoms with E-state index >= 15 is 0 Å². The molecule has 0 spiro atoms. The predicted molar refractivity (Wildman–Crippen MR) is 65.8 cm³/mol. The van der Waals surface area contributed by atoms with Gasteiger partial charge in [-0.1, -0.05) is 12.1 Å². The lowest BCUT2D eigenvalue weighted by Gasteiger charge is -2.13. The maximum Gasteiger partial charge on any atom is 0.115 e. The summed E-state index contributed by atoms with van der Waals surface area (Å²) in [5.41, 5.74) is 10.5. The Morgan fingerprint density at radius 2 is 2.18 bits per heavy atom. The van der Waals surface area contributed by atoms with E-state index in [4.69, 9.17) is 5.73 Å². The highest BCUT2D eigenvalue weighted by Crippen LogP contribution is 2.28. The number of hydrogen-bond acceptors (Lipinski definition) is 4. The summed E-state index contributed by atoms with van der Waals surface area (Å²) in [7, 11) is 0. The van der Waals surface area contributed by atoms with E-state index < -0.39 is 0 Å². The molecule has 86 valence electrons. The highest BCUT2D eigenvalue weighted by molar-refractivity contribution is 5.52. The minimum absolute atomic E-state index is 0.844. The van der Waals surface area contributed by atoms with E-state index in [1.807, 2.05) is 18.2 Å². The molecule has 1 aliphatic heterocycles. The lowest BCUT2D eigenvalue weighted by Crippen LogP contribution is -2.16. The Morgan fingerprint density at radius 1 is 1.24 bits per heavy atom. The third-order valence-electron chi connectivity index (χ3n) is 3.11. The summed E-state index contributed by atoms with van der Waals surface area (Å²) < 4.78 is 0. The molecule has 4 nitrogen and oxygen atoms in total. The van der Waals surface area contributed by atoms with Crippen LogP contribution in [0.1, 0.15) is 16.8 Å². The molecule has 1 aromatic heterocycles. The normalized spacial score (nSPS) is 14.8. The number of rotatable bonds is 2. The van der Waals surface area contributed by atoms with Crippen molar-refractivity contribution in [3.63, 3.8) is 0 Å². The summed E-state index contributed by atoms with van der Waals surface area (Å²) in [6.45, 7) is 2.70. The van der Waals surface area contributed by atoms with Crippen LogP contribution in [0.25, 0.3) is 0 Å². The molecule has 0 unspecified atom stereocenters. The van der Waals surface area contributed by atoms with E-state index in [2.05, 4.69) is 20.9 Å². The van der Waals surface area contributed by atoms with E-state index in [9.17, 15) is 0 Å². The van der Waals surface area contributed by atoms with Gasteiger partial charge in [-0.25, -0.2) is 9.97 Å². The van der Waals surface area contributed by atoms with Gasteiger partial charge in [0, 0.05) is 31.5 Å². The molecule has 0 radical (unpaired) electrons. The summed E-state index contributed by atoms with van der Waals surface area (Å²) in [6, 6.07) is 8.08. The largest absolute Gasteiger partial charge is 0.398 e. The fourth-order valence-electron chi connectivity index (χ4n) is 2.27. The number of nitrogens with two attached hydrogens (primary N) is 1. The summed E-state index contributed by atoms with van der Waals surface area (Å²) in [5.74, 6) is 0. The molecule has 0 aliphatic carbocycles. The van der Waals surface area contributed by atoms with Crippen LogP contribution in [0.2, 0.25) is 0 Å². The van der Waals surface area contributed by atoms with Gasteiger partial charge in [0.15, 0.2) is 0 Å². The van der Waals surface area contributed by atoms with Gasteiger partial charge in [0.05, 0.1) is 5.69 Å². The molecule has 0 saturated heterocycles. The summed E-state index contributed by atoms with van der Waals surface area (Å²) in [5, 5.41) is 0. The smallest absolute Gasteiger partial charge is 0.115 e. The van der Waals surface area contributed by atoms with Crippen LogP contribution in [0.3, 0.4) is 0 Å². The van der Waals surface area contributed by atoms with Crippen molar-refractivity contribution in [2.24, 2.45) is 0 Å². The van der Waals surface area contributed by atoms with Crippen molar-refractivity contribution in [1.82, 2.24) is 14.9 Å². The predicted octanol–water partition coefficient (Wildman–Crippen LogP) is 1.57. The first-order valence-electron chi connectivity index (χ1n) is 5.66. The first-order valence-corrected chi connectivity index (χ1v) is 5.66. The molecule has 0 saturated carbocycles. The van der Waals surface area contributed by atoms with Crippen molar-refractivity contribution < 1.29 is 0 Å². The van der Waals surface area contributed by atoms with Gasteiger partial charge in [-0.05, 0) is 23.3 Å². The van der Waals surface area contributed by atoms with E-state index in [1.165, 1.54) is 11.1 Å². The highest BCUT2D eigenvalue weighted by atomic mass is 15.1. The van der Waals surface area contributed by atoms with Crippen molar-refractivity contribution in [2.75, 3.05) is 5.73 Å². The zero-order chi connectivity index (χ0) is 11.7. The van der Waals surface area contributed by atoms with Crippen LogP contribution in [0.5, 0.6) is 0 Å². The van der Waals surface area contributed by atoms with Crippen LogP contribution in [0.4, 0.5) is 5.69 Å². The molecule has 3 rings (SSSR count). The standard InChI is InChI=1S/C13H14N4/c14-13-3-1-2-10-6-17(8-12(10)13)7-11-4-5-15-9-16-11/h1-5,9H,6-8,14H2. The van der Waals surface area contributed by atoms with Gasteiger partial charge in [-0.15, -0.1) is 0 Å². The second-order valence-electron chi connectivity index (χ2n) is 4.33. The lowest BCUT2D eigenvalue weighted by atomic mass is 10.1. The first-order chi connectivity index (χ1) is 8.33. The molecular formula is C13H14N4. The summed E-state index contributed by atoms with van der Waals surface area (Å²) in [4.78, 5) is 10.5. The van der Waals surface area contributed by atoms with Gasteiger partial charge in [0.2, 0.25) is 0 Å². The topological polar surface area (TPSA) is 55.0 Å². The third-order valence-corrected chi connectivity index (χ3v) is 3.11. The molecule has 0 fully saturated rings. The van der Waals surface area contributed by atoms with Crippen LogP contribution in [-0.2, 0) is 19.6 Å². The number of nitrogens with zero attached hydrogens (tertiary/aromatic N) is 3. The Balaban J connectivity index is 1.77. The third kappa shape index (κ3) is 1.99. The number of hydrogen-bond donors (Lipinski definition) is 1. The van der Waals surface area contributed by atoms with Crippen molar-refractivity contribution >= 4 is 5.69 Å². The monoisotopic (exact) mass is 226 g/mol. The fourth-order valence-corrected chi connectivity index (χ4v) is 2.27. The van der Waals surface area contributed by atoms with Crippen LogP contribution >= 0.6 is 0 Å².